The summed E-state index contributed by atoms with van der Waals surface area (Å²) in [6.45, 7) is 2.00. The molecule has 7 nitrogen and oxygen atoms in total. The molecule has 2 aromatic carbocycles. The van der Waals surface area contributed by atoms with Gasteiger partial charge in [-0.1, -0.05) is 34.5 Å². The molecule has 5 rings (SSSR count). The Labute approximate surface area is 239 Å². The van der Waals surface area contributed by atoms with Crippen molar-refractivity contribution < 1.29 is 37.3 Å². The average molecular weight is 625 g/mol. The highest BCUT2D eigenvalue weighted by atomic mass is 79.9. The normalized spacial score (nSPS) is 22.8. The number of carbonyl (C=O) groups excluding carboxylic acids is 2. The number of aliphatic hydroxyl groups is 1. The molecule has 3 aliphatic rings. The van der Waals surface area contributed by atoms with E-state index in [0.717, 1.165) is 47.8 Å². The number of nitrogens with zero attached hydrogens (tertiary/aromatic N) is 2. The van der Waals surface area contributed by atoms with Gasteiger partial charge in [-0.25, -0.2) is 0 Å². The van der Waals surface area contributed by atoms with Gasteiger partial charge in [0.15, 0.2) is 6.23 Å². The highest BCUT2D eigenvalue weighted by molar-refractivity contribution is 9.10. The fourth-order valence-corrected chi connectivity index (χ4v) is 6.65. The molecule has 4 unspecified atom stereocenters. The maximum Gasteiger partial charge on any atom is 0.573 e. The van der Waals surface area contributed by atoms with Crippen molar-refractivity contribution in [3.8, 4) is 5.75 Å². The van der Waals surface area contributed by atoms with E-state index in [-0.39, 0.29) is 55.1 Å². The molecule has 11 heteroatoms. The summed E-state index contributed by atoms with van der Waals surface area (Å²) in [6, 6.07) is 10.9. The third-order valence-corrected chi connectivity index (χ3v) is 8.43. The highest BCUT2D eigenvalue weighted by Crippen LogP contribution is 2.54. The number of ether oxygens (including phenoxy) is 2. The summed E-state index contributed by atoms with van der Waals surface area (Å²) < 4.78 is 47.8. The molecule has 2 fully saturated rings. The standard InChI is InChI=1S/C29H32BrF3N2O5/c1-2-39-26(37)15-14-25(36)34(19-9-10-19)27-21-4-3-5-23(21)35(24-13-8-18(30)16-22(24)27)28(38)17-6-11-20(12-7-17)40-29(31,32)33/h6-8,11-13,16,19,21,23,27-28,38H,2-5,9-10,14-15H2,1H3. The van der Waals surface area contributed by atoms with Crippen LogP contribution >= 0.6 is 15.9 Å². The highest BCUT2D eigenvalue weighted by Gasteiger charge is 2.51. The van der Waals surface area contributed by atoms with Gasteiger partial charge in [0, 0.05) is 40.1 Å². The molecule has 1 heterocycles. The Morgan fingerprint density at radius 2 is 1.82 bits per heavy atom. The summed E-state index contributed by atoms with van der Waals surface area (Å²) in [7, 11) is 0. The Morgan fingerprint density at radius 1 is 1.10 bits per heavy atom. The molecule has 1 amide bonds. The Morgan fingerprint density at radius 3 is 2.48 bits per heavy atom. The lowest BCUT2D eigenvalue weighted by Crippen LogP contribution is -2.52. The van der Waals surface area contributed by atoms with E-state index in [1.165, 1.54) is 24.3 Å². The molecule has 216 valence electrons. The molecular weight excluding hydrogens is 593 g/mol. The predicted octanol–water partition coefficient (Wildman–Crippen LogP) is 6.40. The van der Waals surface area contributed by atoms with Gasteiger partial charge >= 0.3 is 12.3 Å². The van der Waals surface area contributed by atoms with Gasteiger partial charge < -0.3 is 24.4 Å². The van der Waals surface area contributed by atoms with E-state index in [9.17, 15) is 27.9 Å². The maximum atomic E-state index is 13.6. The van der Waals surface area contributed by atoms with Crippen molar-refractivity contribution in [3.63, 3.8) is 0 Å². The SMILES string of the molecule is CCOC(=O)CCC(=O)N(C1CC1)C1c2cc(Br)ccc2N(C(O)c2ccc(OC(F)(F)F)cc2)C2CCCC12. The number of halogens is 4. The Hall–Kier alpha value is -2.79. The van der Waals surface area contributed by atoms with Gasteiger partial charge in [0.05, 0.1) is 19.1 Å². The van der Waals surface area contributed by atoms with Crippen molar-refractivity contribution in [2.75, 3.05) is 11.5 Å². The average Bonchev–Trinajstić information content (AvgIpc) is 3.62. The molecule has 2 saturated carbocycles. The van der Waals surface area contributed by atoms with Crippen LogP contribution in [0.15, 0.2) is 46.9 Å². The van der Waals surface area contributed by atoms with E-state index in [0.29, 0.717) is 5.56 Å². The third-order valence-electron chi connectivity index (χ3n) is 7.93. The molecule has 0 saturated heterocycles. The zero-order valence-electron chi connectivity index (χ0n) is 22.1. The molecular formula is C29H32BrF3N2O5. The summed E-state index contributed by atoms with van der Waals surface area (Å²) in [5.41, 5.74) is 2.13. The van der Waals surface area contributed by atoms with Crippen molar-refractivity contribution in [1.82, 2.24) is 4.90 Å². The summed E-state index contributed by atoms with van der Waals surface area (Å²) >= 11 is 3.58. The van der Waals surface area contributed by atoms with Crippen LogP contribution in [-0.2, 0) is 14.3 Å². The summed E-state index contributed by atoms with van der Waals surface area (Å²) in [5, 5.41) is 11.6. The maximum absolute atomic E-state index is 13.6. The van der Waals surface area contributed by atoms with Crippen LogP contribution < -0.4 is 9.64 Å². The lowest BCUT2D eigenvalue weighted by Gasteiger charge is -2.50. The van der Waals surface area contributed by atoms with E-state index in [2.05, 4.69) is 20.7 Å². The molecule has 2 aliphatic carbocycles. The minimum atomic E-state index is -4.80. The molecule has 0 aromatic heterocycles. The second-order valence-electron chi connectivity index (χ2n) is 10.5. The Bertz CT molecular complexity index is 1240. The number of alkyl halides is 3. The van der Waals surface area contributed by atoms with E-state index < -0.39 is 18.6 Å². The number of benzene rings is 2. The van der Waals surface area contributed by atoms with Crippen LogP contribution in [0, 0.1) is 5.92 Å². The quantitative estimate of drug-likeness (QED) is 0.325. The van der Waals surface area contributed by atoms with Crippen molar-refractivity contribution in [3.05, 3.63) is 58.1 Å². The molecule has 1 N–H and O–H groups in total. The van der Waals surface area contributed by atoms with Crippen LogP contribution in [-0.4, -0.2) is 46.9 Å². The lowest BCUT2D eigenvalue weighted by molar-refractivity contribution is -0.274. The molecule has 2 aromatic rings. The number of rotatable bonds is 9. The number of esters is 1. The van der Waals surface area contributed by atoms with Gasteiger partial charge in [-0.3, -0.25) is 9.59 Å². The van der Waals surface area contributed by atoms with E-state index in [1.807, 2.05) is 28.0 Å². The summed E-state index contributed by atoms with van der Waals surface area (Å²) in [4.78, 5) is 29.6. The molecule has 0 bridgehead atoms. The number of carbonyl (C=O) groups is 2. The number of anilines is 1. The number of aliphatic hydroxyl groups excluding tert-OH is 1. The van der Waals surface area contributed by atoms with Gasteiger partial charge in [0.2, 0.25) is 5.91 Å². The second kappa shape index (κ2) is 11.6. The molecule has 40 heavy (non-hydrogen) atoms. The largest absolute Gasteiger partial charge is 0.573 e. The van der Waals surface area contributed by atoms with Gasteiger partial charge in [-0.2, -0.15) is 0 Å². The van der Waals surface area contributed by atoms with Crippen LogP contribution in [0.2, 0.25) is 0 Å². The van der Waals surface area contributed by atoms with E-state index in [1.54, 1.807) is 6.92 Å². The topological polar surface area (TPSA) is 79.3 Å². The van der Waals surface area contributed by atoms with Gasteiger partial charge in [-0.15, -0.1) is 13.2 Å². The molecule has 1 aliphatic heterocycles. The first-order valence-corrected chi connectivity index (χ1v) is 14.4. The smallest absolute Gasteiger partial charge is 0.466 e. The van der Waals surface area contributed by atoms with Gasteiger partial charge in [-0.05, 0) is 68.5 Å². The Kier molecular flexibility index (Phi) is 8.33. The van der Waals surface area contributed by atoms with Crippen molar-refractivity contribution in [1.29, 1.82) is 0 Å². The van der Waals surface area contributed by atoms with Crippen LogP contribution in [0.25, 0.3) is 0 Å². The molecule has 0 radical (unpaired) electrons. The minimum Gasteiger partial charge on any atom is -0.466 e. The van der Waals surface area contributed by atoms with Crippen molar-refractivity contribution in [2.24, 2.45) is 5.92 Å². The monoisotopic (exact) mass is 624 g/mol. The number of amides is 1. The summed E-state index contributed by atoms with van der Waals surface area (Å²) in [5.74, 6) is -0.785. The fourth-order valence-electron chi connectivity index (χ4n) is 6.27. The van der Waals surface area contributed by atoms with Crippen LogP contribution in [0.1, 0.15) is 75.3 Å². The van der Waals surface area contributed by atoms with E-state index in [4.69, 9.17) is 4.74 Å². The number of hydrogen-bond donors (Lipinski definition) is 1. The number of hydrogen-bond acceptors (Lipinski definition) is 6. The molecule has 0 spiro atoms. The lowest BCUT2D eigenvalue weighted by atomic mass is 9.81. The first-order chi connectivity index (χ1) is 19.1. The predicted molar refractivity (Wildman–Crippen MR) is 144 cm³/mol. The van der Waals surface area contributed by atoms with Crippen LogP contribution in [0.3, 0.4) is 0 Å². The summed E-state index contributed by atoms with van der Waals surface area (Å²) in [6.07, 6.45) is -1.42. The first kappa shape index (κ1) is 28.7. The third kappa shape index (κ3) is 6.10. The second-order valence-corrected chi connectivity index (χ2v) is 11.5. The van der Waals surface area contributed by atoms with Crippen LogP contribution in [0.5, 0.6) is 5.75 Å². The van der Waals surface area contributed by atoms with E-state index >= 15 is 0 Å². The zero-order chi connectivity index (χ0) is 28.6. The Balaban J connectivity index is 1.48. The van der Waals surface area contributed by atoms with Crippen molar-refractivity contribution >= 4 is 33.5 Å². The fraction of sp³-hybridized carbons (Fsp3) is 0.517. The van der Waals surface area contributed by atoms with Gasteiger partial charge in [0.1, 0.15) is 5.75 Å². The van der Waals surface area contributed by atoms with Crippen LogP contribution in [0.4, 0.5) is 18.9 Å². The number of fused-ring (bicyclic) bond motifs is 2. The first-order valence-electron chi connectivity index (χ1n) is 13.7. The van der Waals surface area contributed by atoms with Crippen molar-refractivity contribution in [2.45, 2.75) is 82.6 Å². The zero-order valence-corrected chi connectivity index (χ0v) is 23.7. The van der Waals surface area contributed by atoms with Gasteiger partial charge in [0.25, 0.3) is 0 Å². The minimum absolute atomic E-state index is 0.0287. The molecule has 4 atom stereocenters.